The van der Waals surface area contributed by atoms with Gasteiger partial charge in [0.1, 0.15) is 24.7 Å². The van der Waals surface area contributed by atoms with Crippen molar-refractivity contribution < 1.29 is 19.4 Å². The molecule has 0 spiro atoms. The standard InChI is InChI=1S/C22H19BrO4/c1-15-19(26-13-16-8-4-2-5-9-16)12-18(22(24)25)20(23)21(15)27-14-17-10-6-3-7-11-17/h2-12H,13-14H2,1H3,(H,24,25). The van der Waals surface area contributed by atoms with Gasteiger partial charge in [-0.25, -0.2) is 4.79 Å². The van der Waals surface area contributed by atoms with Gasteiger partial charge in [0.2, 0.25) is 0 Å². The van der Waals surface area contributed by atoms with E-state index in [4.69, 9.17) is 9.47 Å². The lowest BCUT2D eigenvalue weighted by molar-refractivity contribution is 0.0694. The van der Waals surface area contributed by atoms with Crippen molar-refractivity contribution in [2.45, 2.75) is 20.1 Å². The van der Waals surface area contributed by atoms with Gasteiger partial charge in [-0.3, -0.25) is 0 Å². The summed E-state index contributed by atoms with van der Waals surface area (Å²) in [4.78, 5) is 11.6. The van der Waals surface area contributed by atoms with E-state index in [0.717, 1.165) is 16.7 Å². The molecule has 3 rings (SSSR count). The highest BCUT2D eigenvalue weighted by Gasteiger charge is 2.20. The number of halogens is 1. The Morgan fingerprint density at radius 1 is 0.926 bits per heavy atom. The van der Waals surface area contributed by atoms with E-state index in [1.807, 2.05) is 67.6 Å². The zero-order chi connectivity index (χ0) is 19.2. The summed E-state index contributed by atoms with van der Waals surface area (Å²) < 4.78 is 12.3. The molecule has 0 aliphatic rings. The van der Waals surface area contributed by atoms with E-state index in [1.165, 1.54) is 6.07 Å². The molecular formula is C22H19BrO4. The van der Waals surface area contributed by atoms with E-state index in [-0.39, 0.29) is 5.56 Å². The van der Waals surface area contributed by atoms with Crippen molar-refractivity contribution in [3.63, 3.8) is 0 Å². The zero-order valence-corrected chi connectivity index (χ0v) is 16.4. The van der Waals surface area contributed by atoms with Crippen molar-refractivity contribution in [1.29, 1.82) is 0 Å². The third kappa shape index (κ3) is 4.68. The Morgan fingerprint density at radius 2 is 1.44 bits per heavy atom. The Bertz CT molecular complexity index is 924. The molecule has 5 heteroatoms. The summed E-state index contributed by atoms with van der Waals surface area (Å²) in [6.07, 6.45) is 0. The van der Waals surface area contributed by atoms with E-state index in [2.05, 4.69) is 15.9 Å². The summed E-state index contributed by atoms with van der Waals surface area (Å²) >= 11 is 3.38. The Morgan fingerprint density at radius 3 is 1.96 bits per heavy atom. The normalized spacial score (nSPS) is 10.4. The lowest BCUT2D eigenvalue weighted by atomic mass is 10.1. The van der Waals surface area contributed by atoms with Gasteiger partial charge >= 0.3 is 5.97 Å². The molecule has 4 nitrogen and oxygen atoms in total. The molecule has 3 aromatic rings. The van der Waals surface area contributed by atoms with Gasteiger partial charge in [-0.15, -0.1) is 0 Å². The zero-order valence-electron chi connectivity index (χ0n) is 14.8. The van der Waals surface area contributed by atoms with Gasteiger partial charge in [0.15, 0.2) is 0 Å². The molecule has 0 heterocycles. The van der Waals surface area contributed by atoms with E-state index in [9.17, 15) is 9.90 Å². The summed E-state index contributed by atoms with van der Waals surface area (Å²) in [5, 5.41) is 9.53. The van der Waals surface area contributed by atoms with E-state index in [1.54, 1.807) is 0 Å². The maximum atomic E-state index is 11.6. The van der Waals surface area contributed by atoms with Gasteiger partial charge in [0, 0.05) is 5.56 Å². The molecule has 0 saturated heterocycles. The number of benzene rings is 3. The minimum absolute atomic E-state index is 0.103. The minimum Gasteiger partial charge on any atom is -0.488 e. The Kier molecular flexibility index (Phi) is 6.14. The number of carboxylic acid groups (broad SMARTS) is 1. The lowest BCUT2D eigenvalue weighted by Gasteiger charge is -2.17. The number of carboxylic acids is 1. The van der Waals surface area contributed by atoms with Crippen LogP contribution in [0.2, 0.25) is 0 Å². The lowest BCUT2D eigenvalue weighted by Crippen LogP contribution is -2.06. The van der Waals surface area contributed by atoms with Crippen LogP contribution >= 0.6 is 15.9 Å². The van der Waals surface area contributed by atoms with Crippen molar-refractivity contribution in [2.75, 3.05) is 0 Å². The molecule has 0 radical (unpaired) electrons. The predicted octanol–water partition coefficient (Wildman–Crippen LogP) is 5.61. The second-order valence-corrected chi connectivity index (χ2v) is 6.84. The van der Waals surface area contributed by atoms with Gasteiger partial charge in [0.25, 0.3) is 0 Å². The van der Waals surface area contributed by atoms with Crippen LogP contribution in [0.25, 0.3) is 0 Å². The van der Waals surface area contributed by atoms with Gasteiger partial charge in [0.05, 0.1) is 10.0 Å². The molecule has 0 amide bonds. The molecule has 0 aliphatic carbocycles. The second kappa shape index (κ2) is 8.73. The average molecular weight is 427 g/mol. The maximum absolute atomic E-state index is 11.6. The summed E-state index contributed by atoms with van der Waals surface area (Å²) in [6.45, 7) is 2.54. The largest absolute Gasteiger partial charge is 0.488 e. The predicted molar refractivity (Wildman–Crippen MR) is 107 cm³/mol. The van der Waals surface area contributed by atoms with Gasteiger partial charge in [-0.2, -0.15) is 0 Å². The van der Waals surface area contributed by atoms with Crippen LogP contribution in [0.15, 0.2) is 71.2 Å². The molecule has 0 aromatic heterocycles. The van der Waals surface area contributed by atoms with Crippen LogP contribution in [0.1, 0.15) is 27.0 Å². The molecule has 0 atom stereocenters. The molecule has 0 fully saturated rings. The van der Waals surface area contributed by atoms with Crippen LogP contribution in [-0.2, 0) is 13.2 Å². The number of hydrogen-bond acceptors (Lipinski definition) is 3. The van der Waals surface area contributed by atoms with Crippen LogP contribution < -0.4 is 9.47 Å². The maximum Gasteiger partial charge on any atom is 0.337 e. The van der Waals surface area contributed by atoms with Crippen LogP contribution in [0.3, 0.4) is 0 Å². The van der Waals surface area contributed by atoms with Crippen molar-refractivity contribution >= 4 is 21.9 Å². The fourth-order valence-corrected chi connectivity index (χ4v) is 3.34. The molecule has 0 saturated carbocycles. The molecule has 138 valence electrons. The Balaban J connectivity index is 1.88. The molecule has 1 N–H and O–H groups in total. The number of carbonyl (C=O) groups is 1. The molecular weight excluding hydrogens is 408 g/mol. The summed E-state index contributed by atoms with van der Waals surface area (Å²) in [7, 11) is 0. The number of aromatic carboxylic acids is 1. The molecule has 3 aromatic carbocycles. The quantitative estimate of drug-likeness (QED) is 0.532. The number of rotatable bonds is 7. The van der Waals surface area contributed by atoms with Crippen molar-refractivity contribution in [3.8, 4) is 11.5 Å². The first-order valence-corrected chi connectivity index (χ1v) is 9.25. The average Bonchev–Trinajstić information content (AvgIpc) is 2.68. The first-order chi connectivity index (χ1) is 13.1. The topological polar surface area (TPSA) is 55.8 Å². The third-order valence-corrected chi connectivity index (χ3v) is 4.90. The Hall–Kier alpha value is -2.79. The van der Waals surface area contributed by atoms with Gasteiger partial charge in [-0.1, -0.05) is 60.7 Å². The SMILES string of the molecule is Cc1c(OCc2ccccc2)cc(C(=O)O)c(Br)c1OCc1ccccc1. The first kappa shape index (κ1) is 19.0. The van der Waals surface area contributed by atoms with Crippen molar-refractivity contribution in [1.82, 2.24) is 0 Å². The highest BCUT2D eigenvalue weighted by Crippen LogP contribution is 2.39. The molecule has 0 unspecified atom stereocenters. The number of ether oxygens (including phenoxy) is 2. The molecule has 27 heavy (non-hydrogen) atoms. The van der Waals surface area contributed by atoms with Gasteiger partial charge in [-0.05, 0) is 40.0 Å². The third-order valence-electron chi connectivity index (χ3n) is 4.12. The van der Waals surface area contributed by atoms with E-state index >= 15 is 0 Å². The monoisotopic (exact) mass is 426 g/mol. The minimum atomic E-state index is -1.05. The molecule has 0 bridgehead atoms. The van der Waals surface area contributed by atoms with Crippen LogP contribution in [-0.4, -0.2) is 11.1 Å². The summed E-state index contributed by atoms with van der Waals surface area (Å²) in [5.74, 6) is -0.0830. The highest BCUT2D eigenvalue weighted by atomic mass is 79.9. The summed E-state index contributed by atoms with van der Waals surface area (Å²) in [6, 6.07) is 21.0. The van der Waals surface area contributed by atoms with E-state index in [0.29, 0.717) is 29.2 Å². The van der Waals surface area contributed by atoms with Crippen LogP contribution in [0.4, 0.5) is 0 Å². The fourth-order valence-electron chi connectivity index (χ4n) is 2.64. The van der Waals surface area contributed by atoms with Gasteiger partial charge < -0.3 is 14.6 Å². The highest BCUT2D eigenvalue weighted by molar-refractivity contribution is 9.10. The summed E-state index contributed by atoms with van der Waals surface area (Å²) in [5.41, 5.74) is 2.85. The smallest absolute Gasteiger partial charge is 0.337 e. The second-order valence-electron chi connectivity index (χ2n) is 6.04. The van der Waals surface area contributed by atoms with Crippen molar-refractivity contribution in [2.24, 2.45) is 0 Å². The van der Waals surface area contributed by atoms with Crippen LogP contribution in [0.5, 0.6) is 11.5 Å². The Labute approximate surface area is 166 Å². The molecule has 0 aliphatic heterocycles. The fraction of sp³-hybridized carbons (Fsp3) is 0.136. The van der Waals surface area contributed by atoms with Crippen molar-refractivity contribution in [3.05, 3.63) is 93.5 Å². The van der Waals surface area contributed by atoms with E-state index < -0.39 is 5.97 Å². The first-order valence-electron chi connectivity index (χ1n) is 8.46. The van der Waals surface area contributed by atoms with Crippen LogP contribution in [0, 0.1) is 6.92 Å². The number of hydrogen-bond donors (Lipinski definition) is 1.